The third-order valence-electron chi connectivity index (χ3n) is 3.71. The van der Waals surface area contributed by atoms with Crippen LogP contribution < -0.4 is 20.5 Å². The molecule has 1 aromatic carbocycles. The molecule has 0 saturated heterocycles. The van der Waals surface area contributed by atoms with Gasteiger partial charge in [-0.15, -0.1) is 0 Å². The Bertz CT molecular complexity index is 490. The van der Waals surface area contributed by atoms with E-state index in [0.717, 1.165) is 23.5 Å². The number of ether oxygens (including phenoxy) is 2. The first-order chi connectivity index (χ1) is 10.1. The molecule has 1 aliphatic heterocycles. The van der Waals surface area contributed by atoms with E-state index in [1.807, 2.05) is 25.1 Å². The van der Waals surface area contributed by atoms with E-state index in [1.165, 1.54) is 0 Å². The molecule has 2 unspecified atom stereocenters. The number of rotatable bonds is 6. The fourth-order valence-corrected chi connectivity index (χ4v) is 2.22. The second-order valence-electron chi connectivity index (χ2n) is 5.57. The zero-order valence-electron chi connectivity index (χ0n) is 12.7. The lowest BCUT2D eigenvalue weighted by Gasteiger charge is -2.21. The molecular weight excluding hydrogens is 268 g/mol. The molecule has 1 amide bonds. The molecule has 5 nitrogen and oxygen atoms in total. The Kier molecular flexibility index (Phi) is 5.44. The summed E-state index contributed by atoms with van der Waals surface area (Å²) in [4.78, 5) is 11.9. The van der Waals surface area contributed by atoms with Crippen molar-refractivity contribution in [1.29, 1.82) is 0 Å². The van der Waals surface area contributed by atoms with Crippen molar-refractivity contribution in [2.75, 3.05) is 19.8 Å². The van der Waals surface area contributed by atoms with E-state index in [2.05, 4.69) is 12.2 Å². The Balaban J connectivity index is 1.90. The molecule has 1 aliphatic rings. The summed E-state index contributed by atoms with van der Waals surface area (Å²) in [6, 6.07) is 5.73. The molecule has 21 heavy (non-hydrogen) atoms. The molecule has 0 aliphatic carbocycles. The SMILES string of the molecule is CC(CN)CCC(=O)NC(C)c1ccc2c(c1)OCCO2. The topological polar surface area (TPSA) is 73.6 Å². The van der Waals surface area contributed by atoms with E-state index >= 15 is 0 Å². The number of carbonyl (C=O) groups excluding carboxylic acids is 1. The summed E-state index contributed by atoms with van der Waals surface area (Å²) in [5, 5.41) is 3.01. The van der Waals surface area contributed by atoms with E-state index in [-0.39, 0.29) is 11.9 Å². The highest BCUT2D eigenvalue weighted by molar-refractivity contribution is 5.76. The first kappa shape index (κ1) is 15.6. The molecule has 5 heteroatoms. The van der Waals surface area contributed by atoms with Gasteiger partial charge in [-0.3, -0.25) is 4.79 Å². The van der Waals surface area contributed by atoms with Crippen molar-refractivity contribution in [3.05, 3.63) is 23.8 Å². The maximum Gasteiger partial charge on any atom is 0.220 e. The molecule has 0 spiro atoms. The molecule has 0 radical (unpaired) electrons. The molecule has 0 aromatic heterocycles. The van der Waals surface area contributed by atoms with Gasteiger partial charge in [0, 0.05) is 6.42 Å². The quantitative estimate of drug-likeness (QED) is 0.841. The largest absolute Gasteiger partial charge is 0.486 e. The Hall–Kier alpha value is -1.75. The van der Waals surface area contributed by atoms with Gasteiger partial charge >= 0.3 is 0 Å². The number of carbonyl (C=O) groups is 1. The molecule has 0 bridgehead atoms. The van der Waals surface area contributed by atoms with Crippen molar-refractivity contribution < 1.29 is 14.3 Å². The minimum Gasteiger partial charge on any atom is -0.486 e. The van der Waals surface area contributed by atoms with Crippen molar-refractivity contribution in [3.63, 3.8) is 0 Å². The Morgan fingerprint density at radius 1 is 1.29 bits per heavy atom. The van der Waals surface area contributed by atoms with Crippen molar-refractivity contribution >= 4 is 5.91 Å². The standard InChI is InChI=1S/C16H24N2O3/c1-11(10-17)3-6-16(19)18-12(2)13-4-5-14-15(9-13)21-8-7-20-14/h4-5,9,11-12H,3,6-8,10,17H2,1-2H3,(H,18,19). The van der Waals surface area contributed by atoms with E-state index < -0.39 is 0 Å². The number of nitrogens with two attached hydrogens (primary N) is 1. The summed E-state index contributed by atoms with van der Waals surface area (Å²) < 4.78 is 11.1. The Morgan fingerprint density at radius 3 is 2.71 bits per heavy atom. The van der Waals surface area contributed by atoms with Crippen LogP contribution in [0.2, 0.25) is 0 Å². The average Bonchev–Trinajstić information content (AvgIpc) is 2.52. The van der Waals surface area contributed by atoms with E-state index in [0.29, 0.717) is 32.1 Å². The third-order valence-corrected chi connectivity index (χ3v) is 3.71. The number of hydrogen-bond donors (Lipinski definition) is 2. The van der Waals surface area contributed by atoms with Crippen LogP contribution in [0.15, 0.2) is 18.2 Å². The summed E-state index contributed by atoms with van der Waals surface area (Å²) in [6.45, 7) is 5.78. The van der Waals surface area contributed by atoms with Crippen LogP contribution in [0.5, 0.6) is 11.5 Å². The monoisotopic (exact) mass is 292 g/mol. The summed E-state index contributed by atoms with van der Waals surface area (Å²) in [6.07, 6.45) is 1.32. The summed E-state index contributed by atoms with van der Waals surface area (Å²) in [5.41, 5.74) is 6.57. The summed E-state index contributed by atoms with van der Waals surface area (Å²) in [7, 11) is 0. The first-order valence-corrected chi connectivity index (χ1v) is 7.49. The van der Waals surface area contributed by atoms with E-state index in [9.17, 15) is 4.79 Å². The highest BCUT2D eigenvalue weighted by Crippen LogP contribution is 2.32. The van der Waals surface area contributed by atoms with Crippen LogP contribution in [-0.4, -0.2) is 25.7 Å². The van der Waals surface area contributed by atoms with Crippen molar-refractivity contribution in [2.24, 2.45) is 11.7 Å². The molecule has 116 valence electrons. The molecule has 2 atom stereocenters. The van der Waals surface area contributed by atoms with E-state index in [1.54, 1.807) is 0 Å². The van der Waals surface area contributed by atoms with Gasteiger partial charge in [-0.2, -0.15) is 0 Å². The second-order valence-corrected chi connectivity index (χ2v) is 5.57. The van der Waals surface area contributed by atoms with Gasteiger partial charge in [0.1, 0.15) is 13.2 Å². The molecule has 1 heterocycles. The van der Waals surface area contributed by atoms with Crippen molar-refractivity contribution in [2.45, 2.75) is 32.7 Å². The second kappa shape index (κ2) is 7.31. The number of fused-ring (bicyclic) bond motifs is 1. The smallest absolute Gasteiger partial charge is 0.220 e. The van der Waals surface area contributed by atoms with Gasteiger partial charge in [0.15, 0.2) is 11.5 Å². The molecule has 2 rings (SSSR count). The predicted molar refractivity (Wildman–Crippen MR) is 81.4 cm³/mol. The fourth-order valence-electron chi connectivity index (χ4n) is 2.22. The highest BCUT2D eigenvalue weighted by Gasteiger charge is 2.16. The zero-order chi connectivity index (χ0) is 15.2. The lowest BCUT2D eigenvalue weighted by atomic mass is 10.0. The van der Waals surface area contributed by atoms with Gasteiger partial charge in [-0.1, -0.05) is 13.0 Å². The highest BCUT2D eigenvalue weighted by atomic mass is 16.6. The number of amides is 1. The minimum atomic E-state index is -0.0542. The number of benzene rings is 1. The molecule has 3 N–H and O–H groups in total. The maximum absolute atomic E-state index is 11.9. The van der Waals surface area contributed by atoms with Gasteiger partial charge < -0.3 is 20.5 Å². The minimum absolute atomic E-state index is 0.0534. The molecule has 0 saturated carbocycles. The molecule has 0 fully saturated rings. The van der Waals surface area contributed by atoms with Crippen LogP contribution in [0, 0.1) is 5.92 Å². The van der Waals surface area contributed by atoms with Gasteiger partial charge in [-0.25, -0.2) is 0 Å². The maximum atomic E-state index is 11.9. The van der Waals surface area contributed by atoms with Gasteiger partial charge in [0.05, 0.1) is 6.04 Å². The van der Waals surface area contributed by atoms with Crippen molar-refractivity contribution in [3.8, 4) is 11.5 Å². The van der Waals surface area contributed by atoms with E-state index in [4.69, 9.17) is 15.2 Å². The van der Waals surface area contributed by atoms with Crippen LogP contribution in [0.1, 0.15) is 38.3 Å². The number of nitrogens with one attached hydrogen (secondary N) is 1. The van der Waals surface area contributed by atoms with Gasteiger partial charge in [0.2, 0.25) is 5.91 Å². The number of hydrogen-bond acceptors (Lipinski definition) is 4. The van der Waals surface area contributed by atoms with Crippen LogP contribution in [0.4, 0.5) is 0 Å². The fraction of sp³-hybridized carbons (Fsp3) is 0.562. The van der Waals surface area contributed by atoms with Gasteiger partial charge in [0.25, 0.3) is 0 Å². The molecule has 1 aromatic rings. The normalized spacial score (nSPS) is 16.1. The first-order valence-electron chi connectivity index (χ1n) is 7.49. The lowest BCUT2D eigenvalue weighted by molar-refractivity contribution is -0.122. The van der Waals surface area contributed by atoms with Gasteiger partial charge in [-0.05, 0) is 43.5 Å². The average molecular weight is 292 g/mol. The van der Waals surface area contributed by atoms with Crippen LogP contribution in [0.25, 0.3) is 0 Å². The van der Waals surface area contributed by atoms with Crippen LogP contribution in [-0.2, 0) is 4.79 Å². The van der Waals surface area contributed by atoms with Crippen LogP contribution >= 0.6 is 0 Å². The third kappa shape index (κ3) is 4.36. The Morgan fingerprint density at radius 2 is 2.00 bits per heavy atom. The predicted octanol–water partition coefficient (Wildman–Crippen LogP) is 2.01. The lowest BCUT2D eigenvalue weighted by Crippen LogP contribution is -2.27. The van der Waals surface area contributed by atoms with Crippen molar-refractivity contribution in [1.82, 2.24) is 5.32 Å². The summed E-state index contributed by atoms with van der Waals surface area (Å²) >= 11 is 0. The Labute approximate surface area is 125 Å². The van der Waals surface area contributed by atoms with Crippen LogP contribution in [0.3, 0.4) is 0 Å². The zero-order valence-corrected chi connectivity index (χ0v) is 12.7. The molecular formula is C16H24N2O3. The summed E-state index contributed by atoms with van der Waals surface area (Å²) in [5.74, 6) is 1.94.